The predicted octanol–water partition coefficient (Wildman–Crippen LogP) is 3.18. The number of amides is 1. The second-order valence-corrected chi connectivity index (χ2v) is 4.00. The zero-order valence-electron chi connectivity index (χ0n) is 9.14. The lowest BCUT2D eigenvalue weighted by molar-refractivity contribution is 0.0953. The molecule has 1 N–H and O–H groups in total. The summed E-state index contributed by atoms with van der Waals surface area (Å²) in [6.07, 6.45) is 2.07. The van der Waals surface area contributed by atoms with Crippen molar-refractivity contribution in [1.29, 1.82) is 0 Å². The van der Waals surface area contributed by atoms with E-state index < -0.39 is 0 Å². The maximum Gasteiger partial charge on any atom is 0.252 e. The van der Waals surface area contributed by atoms with Gasteiger partial charge in [0.1, 0.15) is 0 Å². The number of aryl methyl sites for hydroxylation is 1. The molecule has 0 aliphatic rings. The molecule has 0 aromatic heterocycles. The van der Waals surface area contributed by atoms with Gasteiger partial charge in [-0.25, -0.2) is 0 Å². The Morgan fingerprint density at radius 1 is 1.47 bits per heavy atom. The Balaban J connectivity index is 2.65. The van der Waals surface area contributed by atoms with E-state index in [-0.39, 0.29) is 5.91 Å². The normalized spacial score (nSPS) is 10.1. The molecule has 0 saturated carbocycles. The van der Waals surface area contributed by atoms with Crippen LogP contribution >= 0.6 is 11.6 Å². The van der Waals surface area contributed by atoms with Gasteiger partial charge in [0.25, 0.3) is 5.91 Å². The van der Waals surface area contributed by atoms with E-state index in [1.165, 1.54) is 0 Å². The maximum absolute atomic E-state index is 11.7. The number of halogens is 1. The van der Waals surface area contributed by atoms with Gasteiger partial charge in [-0.15, -0.1) is 0 Å². The van der Waals surface area contributed by atoms with Crippen LogP contribution in [0.1, 0.15) is 35.7 Å². The zero-order chi connectivity index (χ0) is 11.3. The Bertz CT molecular complexity index is 349. The highest BCUT2D eigenvalue weighted by molar-refractivity contribution is 6.33. The first-order valence-electron chi connectivity index (χ1n) is 5.19. The highest BCUT2D eigenvalue weighted by Gasteiger charge is 2.08. The fraction of sp³-hybridized carbons (Fsp3) is 0.417. The highest BCUT2D eigenvalue weighted by Crippen LogP contribution is 2.17. The summed E-state index contributed by atoms with van der Waals surface area (Å²) in [5.74, 6) is -0.0894. The molecule has 1 amide bonds. The van der Waals surface area contributed by atoms with E-state index in [4.69, 9.17) is 11.6 Å². The third-order valence-corrected chi connectivity index (χ3v) is 2.50. The molecule has 1 rings (SSSR count). The molecule has 0 aliphatic carbocycles. The lowest BCUT2D eigenvalue weighted by Crippen LogP contribution is -2.24. The van der Waals surface area contributed by atoms with Crippen molar-refractivity contribution in [2.24, 2.45) is 0 Å². The number of unbranched alkanes of at least 4 members (excludes halogenated alkanes) is 1. The first kappa shape index (κ1) is 12.1. The first-order chi connectivity index (χ1) is 7.15. The Labute approximate surface area is 95.6 Å². The van der Waals surface area contributed by atoms with Crippen LogP contribution in [0.15, 0.2) is 18.2 Å². The van der Waals surface area contributed by atoms with E-state index in [2.05, 4.69) is 12.2 Å². The summed E-state index contributed by atoms with van der Waals surface area (Å²) < 4.78 is 0. The Morgan fingerprint density at radius 2 is 2.20 bits per heavy atom. The quantitative estimate of drug-likeness (QED) is 0.784. The third-order valence-electron chi connectivity index (χ3n) is 2.19. The van der Waals surface area contributed by atoms with Gasteiger partial charge in [0.15, 0.2) is 0 Å². The molecule has 0 aliphatic heterocycles. The lowest BCUT2D eigenvalue weighted by atomic mass is 10.1. The van der Waals surface area contributed by atoms with Crippen molar-refractivity contribution >= 4 is 17.5 Å². The molecule has 0 unspecified atom stereocenters. The van der Waals surface area contributed by atoms with Gasteiger partial charge in [-0.1, -0.05) is 31.0 Å². The van der Waals surface area contributed by atoms with E-state index in [0.717, 1.165) is 18.4 Å². The van der Waals surface area contributed by atoms with Crippen LogP contribution in [-0.4, -0.2) is 12.5 Å². The van der Waals surface area contributed by atoms with Crippen molar-refractivity contribution in [1.82, 2.24) is 5.32 Å². The molecule has 82 valence electrons. The molecule has 1 aromatic rings. The second-order valence-electron chi connectivity index (χ2n) is 3.59. The second kappa shape index (κ2) is 5.76. The molecule has 0 radical (unpaired) electrons. The summed E-state index contributed by atoms with van der Waals surface area (Å²) in [6.45, 7) is 4.75. The fourth-order valence-electron chi connectivity index (χ4n) is 1.28. The van der Waals surface area contributed by atoms with Crippen molar-refractivity contribution in [3.63, 3.8) is 0 Å². The number of carbonyl (C=O) groups excluding carboxylic acids is 1. The van der Waals surface area contributed by atoms with Crippen LogP contribution in [-0.2, 0) is 0 Å². The fourth-order valence-corrected chi connectivity index (χ4v) is 1.60. The smallest absolute Gasteiger partial charge is 0.252 e. The van der Waals surface area contributed by atoms with Crippen molar-refractivity contribution in [2.45, 2.75) is 26.7 Å². The summed E-state index contributed by atoms with van der Waals surface area (Å²) in [5, 5.41) is 3.35. The van der Waals surface area contributed by atoms with Crippen molar-refractivity contribution in [2.75, 3.05) is 6.54 Å². The number of rotatable bonds is 4. The third kappa shape index (κ3) is 3.56. The minimum absolute atomic E-state index is 0.0894. The average molecular weight is 226 g/mol. The minimum Gasteiger partial charge on any atom is -0.352 e. The van der Waals surface area contributed by atoms with Crippen LogP contribution in [0.25, 0.3) is 0 Å². The molecule has 1 aromatic carbocycles. The van der Waals surface area contributed by atoms with Crippen molar-refractivity contribution in [3.05, 3.63) is 34.3 Å². The van der Waals surface area contributed by atoms with Crippen LogP contribution in [0.5, 0.6) is 0 Å². The van der Waals surface area contributed by atoms with Gasteiger partial charge >= 0.3 is 0 Å². The van der Waals surface area contributed by atoms with E-state index in [0.29, 0.717) is 17.1 Å². The molecular weight excluding hydrogens is 210 g/mol. The molecule has 0 heterocycles. The number of nitrogens with one attached hydrogen (secondary N) is 1. The van der Waals surface area contributed by atoms with Crippen molar-refractivity contribution in [3.8, 4) is 0 Å². The zero-order valence-corrected chi connectivity index (χ0v) is 9.90. The van der Waals surface area contributed by atoms with Crippen molar-refractivity contribution < 1.29 is 4.79 Å². The van der Waals surface area contributed by atoms with E-state index in [9.17, 15) is 4.79 Å². The average Bonchev–Trinajstić information content (AvgIpc) is 2.17. The standard InChI is InChI=1S/C12H16ClNO/c1-3-4-7-14-12(15)10-6-5-9(2)8-11(10)13/h5-6,8H,3-4,7H2,1-2H3,(H,14,15). The van der Waals surface area contributed by atoms with E-state index in [1.54, 1.807) is 12.1 Å². The summed E-state index contributed by atoms with van der Waals surface area (Å²) >= 11 is 5.98. The van der Waals surface area contributed by atoms with E-state index >= 15 is 0 Å². The molecule has 0 fully saturated rings. The number of carbonyl (C=O) groups is 1. The minimum atomic E-state index is -0.0894. The largest absolute Gasteiger partial charge is 0.352 e. The lowest BCUT2D eigenvalue weighted by Gasteiger charge is -2.06. The Kier molecular flexibility index (Phi) is 4.63. The molecule has 0 bridgehead atoms. The van der Waals surface area contributed by atoms with Gasteiger partial charge in [-0.2, -0.15) is 0 Å². The monoisotopic (exact) mass is 225 g/mol. The maximum atomic E-state index is 11.7. The van der Waals surface area contributed by atoms with Crippen LogP contribution in [0.4, 0.5) is 0 Å². The number of hydrogen-bond acceptors (Lipinski definition) is 1. The molecule has 0 saturated heterocycles. The molecule has 2 nitrogen and oxygen atoms in total. The summed E-state index contributed by atoms with van der Waals surface area (Å²) in [5.41, 5.74) is 1.61. The van der Waals surface area contributed by atoms with Crippen LogP contribution in [0.3, 0.4) is 0 Å². The van der Waals surface area contributed by atoms with Gasteiger partial charge in [0.2, 0.25) is 0 Å². The van der Waals surface area contributed by atoms with Gasteiger partial charge in [0, 0.05) is 6.54 Å². The Hall–Kier alpha value is -1.02. The molecule has 3 heteroatoms. The predicted molar refractivity (Wildman–Crippen MR) is 63.4 cm³/mol. The van der Waals surface area contributed by atoms with Gasteiger partial charge in [0.05, 0.1) is 10.6 Å². The molecule has 0 spiro atoms. The van der Waals surface area contributed by atoms with Gasteiger partial charge < -0.3 is 5.32 Å². The highest BCUT2D eigenvalue weighted by atomic mass is 35.5. The SMILES string of the molecule is CCCCNC(=O)c1ccc(C)cc1Cl. The van der Waals surface area contributed by atoms with Gasteiger partial charge in [-0.05, 0) is 31.0 Å². The van der Waals surface area contributed by atoms with Crippen LogP contribution in [0, 0.1) is 6.92 Å². The first-order valence-corrected chi connectivity index (χ1v) is 5.57. The summed E-state index contributed by atoms with van der Waals surface area (Å²) in [4.78, 5) is 11.7. The molecule has 0 atom stereocenters. The van der Waals surface area contributed by atoms with Crippen LogP contribution < -0.4 is 5.32 Å². The number of hydrogen-bond donors (Lipinski definition) is 1. The van der Waals surface area contributed by atoms with E-state index in [1.807, 2.05) is 13.0 Å². The number of benzene rings is 1. The molecule has 15 heavy (non-hydrogen) atoms. The topological polar surface area (TPSA) is 29.1 Å². The molecular formula is C12H16ClNO. The Morgan fingerprint density at radius 3 is 2.80 bits per heavy atom. The van der Waals surface area contributed by atoms with Gasteiger partial charge in [-0.3, -0.25) is 4.79 Å². The summed E-state index contributed by atoms with van der Waals surface area (Å²) in [6, 6.07) is 5.45. The van der Waals surface area contributed by atoms with Crippen LogP contribution in [0.2, 0.25) is 5.02 Å². The summed E-state index contributed by atoms with van der Waals surface area (Å²) in [7, 11) is 0.